The van der Waals surface area contributed by atoms with Crippen LogP contribution in [0.15, 0.2) is 28.3 Å². The Labute approximate surface area is 166 Å². The minimum absolute atomic E-state index is 0.00560. The van der Waals surface area contributed by atoms with Gasteiger partial charge in [0.25, 0.3) is 15.9 Å². The number of amides is 2. The zero-order valence-corrected chi connectivity index (χ0v) is 17.5. The van der Waals surface area contributed by atoms with Gasteiger partial charge in [0.1, 0.15) is 11.4 Å². The van der Waals surface area contributed by atoms with E-state index in [9.17, 15) is 18.0 Å². The molecule has 10 nitrogen and oxygen atoms in total. The summed E-state index contributed by atoms with van der Waals surface area (Å²) in [5.41, 5.74) is 0.917. The summed E-state index contributed by atoms with van der Waals surface area (Å²) in [5.74, 6) is -0.960. The molecule has 2 amide bonds. The number of rotatable bonds is 6. The Morgan fingerprint density at radius 3 is 2.64 bits per heavy atom. The van der Waals surface area contributed by atoms with E-state index in [2.05, 4.69) is 15.5 Å². The molecule has 0 spiro atoms. The molecule has 0 unspecified atom stereocenters. The molecular formula is C16H20N6O4S2. The molecule has 1 aliphatic rings. The van der Waals surface area contributed by atoms with Crippen LogP contribution in [0.1, 0.15) is 35.7 Å². The number of fused-ring (bicyclic) bond motifs is 1. The second kappa shape index (κ2) is 7.51. The van der Waals surface area contributed by atoms with E-state index < -0.39 is 15.9 Å². The summed E-state index contributed by atoms with van der Waals surface area (Å²) >= 11 is 0.978. The van der Waals surface area contributed by atoms with Crippen molar-refractivity contribution >= 4 is 33.6 Å². The second-order valence-electron chi connectivity index (χ2n) is 6.71. The Morgan fingerprint density at radius 1 is 1.29 bits per heavy atom. The molecule has 2 heterocycles. The number of aromatic nitrogens is 4. The highest BCUT2D eigenvalue weighted by Crippen LogP contribution is 2.36. The van der Waals surface area contributed by atoms with Gasteiger partial charge in [-0.25, -0.2) is 17.4 Å². The summed E-state index contributed by atoms with van der Waals surface area (Å²) in [7, 11) is -0.725. The zero-order chi connectivity index (χ0) is 20.6. The first-order valence-electron chi connectivity index (χ1n) is 8.43. The molecule has 150 valence electrons. The van der Waals surface area contributed by atoms with E-state index in [1.165, 1.54) is 15.6 Å². The van der Waals surface area contributed by atoms with Crippen molar-refractivity contribution in [1.82, 2.24) is 29.4 Å². The van der Waals surface area contributed by atoms with Crippen LogP contribution in [0.5, 0.6) is 0 Å². The predicted molar refractivity (Wildman–Crippen MR) is 101 cm³/mol. The molecule has 0 bridgehead atoms. The van der Waals surface area contributed by atoms with Gasteiger partial charge in [0, 0.05) is 14.1 Å². The van der Waals surface area contributed by atoms with Crippen LogP contribution in [0.25, 0.3) is 0 Å². The lowest BCUT2D eigenvalue weighted by molar-refractivity contribution is -0.129. The van der Waals surface area contributed by atoms with Crippen LogP contribution >= 0.6 is 11.8 Å². The maximum absolute atomic E-state index is 12.9. The van der Waals surface area contributed by atoms with E-state index in [-0.39, 0.29) is 39.9 Å². The average Bonchev–Trinajstić information content (AvgIpc) is 3.14. The second-order valence-corrected chi connectivity index (χ2v) is 9.46. The number of nitrogens with zero attached hydrogens (tertiary/aromatic N) is 6. The lowest BCUT2D eigenvalue weighted by atomic mass is 9.97. The molecule has 0 atom stereocenters. The van der Waals surface area contributed by atoms with Crippen molar-refractivity contribution in [2.24, 2.45) is 0 Å². The molecule has 1 aliphatic heterocycles. The number of carbonyl (C=O) groups excluding carboxylic acids is 2. The van der Waals surface area contributed by atoms with Gasteiger partial charge >= 0.3 is 0 Å². The van der Waals surface area contributed by atoms with Crippen molar-refractivity contribution < 1.29 is 18.0 Å². The van der Waals surface area contributed by atoms with E-state index in [1.54, 1.807) is 26.2 Å². The maximum Gasteiger partial charge on any atom is 0.270 e. The molecule has 0 fully saturated rings. The summed E-state index contributed by atoms with van der Waals surface area (Å²) in [5, 5.41) is 11.3. The molecule has 0 aliphatic carbocycles. The highest BCUT2D eigenvalue weighted by atomic mass is 32.2. The van der Waals surface area contributed by atoms with Gasteiger partial charge in [-0.05, 0) is 28.0 Å². The Bertz CT molecular complexity index is 1030. The first-order chi connectivity index (χ1) is 13.1. The van der Waals surface area contributed by atoms with Gasteiger partial charge in [-0.15, -0.1) is 5.10 Å². The standard InChI is InChI=1S/C16H20N6O4S2/c1-10(2)11-6-5-7-12-14(11)15(24)22(28(12,25)26)9-27-16-17-18-19-21(16)8-13(23)20(3)4/h5-7,10H,8-9H2,1-4H3. The molecule has 2 aromatic rings. The van der Waals surface area contributed by atoms with Crippen LogP contribution in [0.3, 0.4) is 0 Å². The maximum atomic E-state index is 12.9. The van der Waals surface area contributed by atoms with Gasteiger partial charge in [-0.3, -0.25) is 9.59 Å². The van der Waals surface area contributed by atoms with E-state index in [1.807, 2.05) is 13.8 Å². The average molecular weight is 425 g/mol. The minimum atomic E-state index is -3.94. The lowest BCUT2D eigenvalue weighted by Gasteiger charge is -2.15. The van der Waals surface area contributed by atoms with Crippen molar-refractivity contribution in [3.8, 4) is 0 Å². The molecule has 0 radical (unpaired) electrons. The Balaban J connectivity index is 1.84. The molecule has 1 aromatic heterocycles. The first kappa shape index (κ1) is 20.3. The van der Waals surface area contributed by atoms with Crippen molar-refractivity contribution in [2.45, 2.75) is 36.4 Å². The van der Waals surface area contributed by atoms with Gasteiger partial charge in [0.05, 0.1) is 11.4 Å². The van der Waals surface area contributed by atoms with Gasteiger partial charge in [-0.2, -0.15) is 0 Å². The first-order valence-corrected chi connectivity index (χ1v) is 10.9. The number of thioether (sulfide) groups is 1. The van der Waals surface area contributed by atoms with E-state index in [4.69, 9.17) is 0 Å². The van der Waals surface area contributed by atoms with Crippen molar-refractivity contribution in [2.75, 3.05) is 20.0 Å². The molecule has 3 rings (SSSR count). The van der Waals surface area contributed by atoms with Crippen molar-refractivity contribution in [3.63, 3.8) is 0 Å². The quantitative estimate of drug-likeness (QED) is 0.624. The molecule has 28 heavy (non-hydrogen) atoms. The van der Waals surface area contributed by atoms with E-state index >= 15 is 0 Å². The highest BCUT2D eigenvalue weighted by Gasteiger charge is 2.43. The molecular weight excluding hydrogens is 404 g/mol. The van der Waals surface area contributed by atoms with Crippen molar-refractivity contribution in [1.29, 1.82) is 0 Å². The zero-order valence-electron chi connectivity index (χ0n) is 15.9. The molecule has 0 N–H and O–H groups in total. The number of carbonyl (C=O) groups is 2. The SMILES string of the molecule is CC(C)c1cccc2c1C(=O)N(CSc1nnnn1CC(=O)N(C)C)S2(=O)=O. The Hall–Kier alpha value is -2.47. The Morgan fingerprint density at radius 2 is 2.00 bits per heavy atom. The van der Waals surface area contributed by atoms with Crippen LogP contribution in [0, 0.1) is 0 Å². The van der Waals surface area contributed by atoms with Crippen LogP contribution in [-0.4, -0.2) is 69.6 Å². The number of tetrazole rings is 1. The third kappa shape index (κ3) is 3.49. The third-order valence-corrected chi connectivity index (χ3v) is 7.16. The summed E-state index contributed by atoms with van der Waals surface area (Å²) in [4.78, 5) is 26.1. The third-order valence-electron chi connectivity index (χ3n) is 4.28. The van der Waals surface area contributed by atoms with Gasteiger partial charge in [0.2, 0.25) is 11.1 Å². The molecule has 12 heteroatoms. The largest absolute Gasteiger partial charge is 0.347 e. The minimum Gasteiger partial charge on any atom is -0.347 e. The lowest BCUT2D eigenvalue weighted by Crippen LogP contribution is -2.30. The number of sulfonamides is 1. The summed E-state index contributed by atoms with van der Waals surface area (Å²) in [6.07, 6.45) is 0. The van der Waals surface area contributed by atoms with Gasteiger partial charge in [-0.1, -0.05) is 37.7 Å². The fraction of sp³-hybridized carbons (Fsp3) is 0.438. The fourth-order valence-electron chi connectivity index (χ4n) is 2.74. The predicted octanol–water partition coefficient (Wildman–Crippen LogP) is 0.779. The topological polar surface area (TPSA) is 118 Å². The normalized spacial score (nSPS) is 15.2. The Kier molecular flexibility index (Phi) is 5.44. The van der Waals surface area contributed by atoms with Gasteiger partial charge < -0.3 is 4.90 Å². The van der Waals surface area contributed by atoms with E-state index in [0.717, 1.165) is 16.1 Å². The summed E-state index contributed by atoms with van der Waals surface area (Å²) in [6.45, 7) is 3.73. The number of benzene rings is 1. The fourth-order valence-corrected chi connectivity index (χ4v) is 5.41. The molecule has 0 saturated carbocycles. The summed E-state index contributed by atoms with van der Waals surface area (Å²) in [6, 6.07) is 4.85. The number of likely N-dealkylation sites (N-methyl/N-ethyl adjacent to an activating group) is 1. The number of hydrogen-bond acceptors (Lipinski definition) is 8. The molecule has 0 saturated heterocycles. The van der Waals surface area contributed by atoms with Gasteiger partial charge in [0.15, 0.2) is 0 Å². The van der Waals surface area contributed by atoms with Crippen LogP contribution in [0.4, 0.5) is 0 Å². The van der Waals surface area contributed by atoms with Crippen LogP contribution in [-0.2, 0) is 21.4 Å². The van der Waals surface area contributed by atoms with Crippen molar-refractivity contribution in [3.05, 3.63) is 29.3 Å². The monoisotopic (exact) mass is 424 g/mol. The highest BCUT2D eigenvalue weighted by molar-refractivity contribution is 8.00. The number of hydrogen-bond donors (Lipinski definition) is 0. The van der Waals surface area contributed by atoms with E-state index in [0.29, 0.717) is 5.56 Å². The summed E-state index contributed by atoms with van der Waals surface area (Å²) < 4.78 is 27.8. The molecule has 1 aromatic carbocycles. The smallest absolute Gasteiger partial charge is 0.270 e. The van der Waals surface area contributed by atoms with Crippen LogP contribution < -0.4 is 0 Å². The van der Waals surface area contributed by atoms with Crippen LogP contribution in [0.2, 0.25) is 0 Å².